The molecule has 0 heterocycles. The van der Waals surface area contributed by atoms with Crippen molar-refractivity contribution in [1.29, 1.82) is 0 Å². The molecule has 0 aromatic rings. The lowest BCUT2D eigenvalue weighted by atomic mass is 10.6. The molecule has 0 N–H and O–H groups in total. The summed E-state index contributed by atoms with van der Waals surface area (Å²) in [7, 11) is 0. The zero-order valence-corrected chi connectivity index (χ0v) is 8.26. The molecule has 0 aliphatic carbocycles. The summed E-state index contributed by atoms with van der Waals surface area (Å²) in [5.41, 5.74) is 0. The third kappa shape index (κ3) is 8.28. The van der Waals surface area contributed by atoms with Crippen molar-refractivity contribution in [2.24, 2.45) is 0 Å². The molecule has 0 aromatic heterocycles. The monoisotopic (exact) mass is 216 g/mol. The van der Waals surface area contributed by atoms with Crippen LogP contribution in [0.1, 0.15) is 13.8 Å². The van der Waals surface area contributed by atoms with E-state index in [-0.39, 0.29) is 13.2 Å². The fraction of sp³-hybridized carbons (Fsp3) is 1.00. The van der Waals surface area contributed by atoms with Crippen molar-refractivity contribution < 1.29 is 27.4 Å². The minimum Gasteiger partial charge on any atom is -0.376 e. The molecule has 0 spiro atoms. The second kappa shape index (κ2) is 7.03. The lowest BCUT2D eigenvalue weighted by molar-refractivity contribution is -0.238. The van der Waals surface area contributed by atoms with Crippen molar-refractivity contribution in [2.75, 3.05) is 26.4 Å². The predicted molar refractivity (Wildman–Crippen MR) is 43.9 cm³/mol. The van der Waals surface area contributed by atoms with Crippen molar-refractivity contribution in [3.63, 3.8) is 0 Å². The fourth-order valence-electron chi connectivity index (χ4n) is 0.732. The summed E-state index contributed by atoms with van der Waals surface area (Å²) in [6.07, 6.45) is -5.27. The van der Waals surface area contributed by atoms with Crippen molar-refractivity contribution in [1.82, 2.24) is 0 Å². The van der Waals surface area contributed by atoms with Crippen LogP contribution in [-0.2, 0) is 14.2 Å². The summed E-state index contributed by atoms with van der Waals surface area (Å²) in [5.74, 6) is 0. The lowest BCUT2D eigenvalue weighted by Gasteiger charge is -2.18. The van der Waals surface area contributed by atoms with E-state index in [1.807, 2.05) is 0 Å². The minimum absolute atomic E-state index is 0.0143. The van der Waals surface area contributed by atoms with Gasteiger partial charge < -0.3 is 14.2 Å². The number of rotatable bonds is 7. The Morgan fingerprint density at radius 2 is 1.71 bits per heavy atom. The van der Waals surface area contributed by atoms with Gasteiger partial charge in [0.05, 0.1) is 6.61 Å². The number of hydrogen-bond acceptors (Lipinski definition) is 3. The molecule has 0 amide bonds. The van der Waals surface area contributed by atoms with Gasteiger partial charge in [0, 0.05) is 13.2 Å². The molecule has 1 unspecified atom stereocenters. The van der Waals surface area contributed by atoms with Crippen LogP contribution >= 0.6 is 0 Å². The number of halogens is 3. The molecule has 0 aliphatic rings. The Morgan fingerprint density at radius 3 is 2.14 bits per heavy atom. The molecular weight excluding hydrogens is 201 g/mol. The SMILES string of the molecule is CCOCC(OCC)OCC(F)(F)F. The van der Waals surface area contributed by atoms with Gasteiger partial charge in [-0.15, -0.1) is 0 Å². The molecular formula is C8H15F3O3. The number of hydrogen-bond donors (Lipinski definition) is 0. The Labute approximate surface area is 81.1 Å². The summed E-state index contributed by atoms with van der Waals surface area (Å²) in [5, 5.41) is 0. The van der Waals surface area contributed by atoms with Gasteiger partial charge in [-0.3, -0.25) is 0 Å². The summed E-state index contributed by atoms with van der Waals surface area (Å²) in [4.78, 5) is 0. The molecule has 0 rings (SSSR count). The molecule has 0 bridgehead atoms. The van der Waals surface area contributed by atoms with Crippen LogP contribution in [0.2, 0.25) is 0 Å². The van der Waals surface area contributed by atoms with Gasteiger partial charge in [-0.2, -0.15) is 13.2 Å². The Kier molecular flexibility index (Phi) is 6.86. The maximum atomic E-state index is 11.8. The molecule has 86 valence electrons. The number of ether oxygens (including phenoxy) is 3. The van der Waals surface area contributed by atoms with Crippen LogP contribution in [-0.4, -0.2) is 38.9 Å². The molecule has 0 fully saturated rings. The maximum Gasteiger partial charge on any atom is 0.411 e. The summed E-state index contributed by atoms with van der Waals surface area (Å²) in [6.45, 7) is 2.82. The van der Waals surface area contributed by atoms with Gasteiger partial charge in [0.15, 0.2) is 6.29 Å². The van der Waals surface area contributed by atoms with Crippen LogP contribution in [0.15, 0.2) is 0 Å². The average Bonchev–Trinajstić information content (AvgIpc) is 2.08. The Balaban J connectivity index is 3.72. The van der Waals surface area contributed by atoms with E-state index in [4.69, 9.17) is 9.47 Å². The first-order valence-corrected chi connectivity index (χ1v) is 4.37. The molecule has 0 aliphatic heterocycles. The van der Waals surface area contributed by atoms with Gasteiger partial charge in [-0.25, -0.2) is 0 Å². The van der Waals surface area contributed by atoms with Crippen molar-refractivity contribution in [3.05, 3.63) is 0 Å². The zero-order valence-electron chi connectivity index (χ0n) is 8.26. The van der Waals surface area contributed by atoms with Gasteiger partial charge in [-0.1, -0.05) is 0 Å². The van der Waals surface area contributed by atoms with Gasteiger partial charge in [0.25, 0.3) is 0 Å². The first kappa shape index (κ1) is 13.7. The van der Waals surface area contributed by atoms with E-state index in [2.05, 4.69) is 4.74 Å². The van der Waals surface area contributed by atoms with Crippen LogP contribution in [0, 0.1) is 0 Å². The van der Waals surface area contributed by atoms with Crippen molar-refractivity contribution in [3.8, 4) is 0 Å². The highest BCUT2D eigenvalue weighted by Crippen LogP contribution is 2.15. The van der Waals surface area contributed by atoms with E-state index < -0.39 is 19.1 Å². The van der Waals surface area contributed by atoms with Crippen LogP contribution in [0.4, 0.5) is 13.2 Å². The van der Waals surface area contributed by atoms with E-state index in [1.165, 1.54) is 0 Å². The van der Waals surface area contributed by atoms with Gasteiger partial charge in [-0.05, 0) is 13.8 Å². The molecule has 1 atom stereocenters. The molecule has 0 aromatic carbocycles. The highest BCUT2D eigenvalue weighted by molar-refractivity contribution is 4.49. The molecule has 0 radical (unpaired) electrons. The van der Waals surface area contributed by atoms with E-state index in [9.17, 15) is 13.2 Å². The smallest absolute Gasteiger partial charge is 0.376 e. The zero-order chi connectivity index (χ0) is 11.0. The second-order valence-electron chi connectivity index (χ2n) is 2.47. The van der Waals surface area contributed by atoms with E-state index >= 15 is 0 Å². The second-order valence-corrected chi connectivity index (χ2v) is 2.47. The van der Waals surface area contributed by atoms with Crippen LogP contribution < -0.4 is 0 Å². The Morgan fingerprint density at radius 1 is 1.07 bits per heavy atom. The number of alkyl halides is 3. The molecule has 0 saturated heterocycles. The minimum atomic E-state index is -4.33. The highest BCUT2D eigenvalue weighted by Gasteiger charge is 2.29. The molecule has 14 heavy (non-hydrogen) atoms. The van der Waals surface area contributed by atoms with E-state index in [0.29, 0.717) is 6.61 Å². The lowest BCUT2D eigenvalue weighted by Crippen LogP contribution is -2.29. The predicted octanol–water partition coefficient (Wildman–Crippen LogP) is 1.96. The first-order valence-electron chi connectivity index (χ1n) is 4.37. The van der Waals surface area contributed by atoms with Gasteiger partial charge in [0.2, 0.25) is 0 Å². The maximum absolute atomic E-state index is 11.8. The largest absolute Gasteiger partial charge is 0.411 e. The summed E-state index contributed by atoms with van der Waals surface area (Å²) in [6, 6.07) is 0. The first-order chi connectivity index (χ1) is 6.49. The van der Waals surface area contributed by atoms with E-state index in [0.717, 1.165) is 0 Å². The summed E-state index contributed by atoms with van der Waals surface area (Å²) < 4.78 is 49.5. The molecule has 6 heteroatoms. The van der Waals surface area contributed by atoms with Crippen LogP contribution in [0.5, 0.6) is 0 Å². The van der Waals surface area contributed by atoms with E-state index in [1.54, 1.807) is 13.8 Å². The topological polar surface area (TPSA) is 27.7 Å². The van der Waals surface area contributed by atoms with Crippen LogP contribution in [0.3, 0.4) is 0 Å². The van der Waals surface area contributed by atoms with Gasteiger partial charge in [0.1, 0.15) is 6.61 Å². The average molecular weight is 216 g/mol. The van der Waals surface area contributed by atoms with Crippen molar-refractivity contribution in [2.45, 2.75) is 26.3 Å². The Bertz CT molecular complexity index is 138. The standard InChI is InChI=1S/C8H15F3O3/c1-3-12-5-7(13-4-2)14-6-8(9,10)11/h7H,3-6H2,1-2H3. The van der Waals surface area contributed by atoms with Crippen LogP contribution in [0.25, 0.3) is 0 Å². The normalized spacial score (nSPS) is 14.4. The quantitative estimate of drug-likeness (QED) is 0.609. The highest BCUT2D eigenvalue weighted by atomic mass is 19.4. The fourth-order valence-corrected chi connectivity index (χ4v) is 0.732. The summed E-state index contributed by atoms with van der Waals surface area (Å²) >= 11 is 0. The Hall–Kier alpha value is -0.330. The van der Waals surface area contributed by atoms with Crippen molar-refractivity contribution >= 4 is 0 Å². The molecule has 0 saturated carbocycles. The molecule has 3 nitrogen and oxygen atoms in total. The third-order valence-electron chi connectivity index (χ3n) is 1.24. The third-order valence-corrected chi connectivity index (χ3v) is 1.24. The van der Waals surface area contributed by atoms with Gasteiger partial charge >= 0.3 is 6.18 Å².